The minimum Gasteiger partial charge on any atom is -0.463 e. The number of hydrogen-bond acceptors (Lipinski definition) is 12. The van der Waals surface area contributed by atoms with Crippen LogP contribution >= 0.6 is 27.3 Å². The molecule has 0 bridgehead atoms. The Morgan fingerprint density at radius 3 is 2.64 bits per heavy atom. The predicted octanol–water partition coefficient (Wildman–Crippen LogP) is 2.56. The van der Waals surface area contributed by atoms with Gasteiger partial charge in [0.05, 0.1) is 28.6 Å². The topological polar surface area (TPSA) is 164 Å². The lowest BCUT2D eigenvalue weighted by atomic mass is 9.95. The number of carbonyl (C=O) groups excluding carboxylic acids is 2. The minimum absolute atomic E-state index is 0.0281. The van der Waals surface area contributed by atoms with Crippen molar-refractivity contribution in [3.05, 3.63) is 92.2 Å². The number of nitrogens with zero attached hydrogens (tertiary/aromatic N) is 3. The van der Waals surface area contributed by atoms with Crippen LogP contribution in [0.5, 0.6) is 0 Å². The molecule has 45 heavy (non-hydrogen) atoms. The van der Waals surface area contributed by atoms with Gasteiger partial charge < -0.3 is 10.1 Å². The van der Waals surface area contributed by atoms with E-state index in [0.29, 0.717) is 15.0 Å². The molecule has 12 nitrogen and oxygen atoms in total. The van der Waals surface area contributed by atoms with Crippen molar-refractivity contribution in [1.82, 2.24) is 19.9 Å². The molecule has 1 aromatic heterocycles. The Kier molecular flexibility index (Phi) is 9.83. The van der Waals surface area contributed by atoms with E-state index in [0.717, 1.165) is 0 Å². The molecule has 3 aromatic rings. The second-order valence-electron chi connectivity index (χ2n) is 10.0. The summed E-state index contributed by atoms with van der Waals surface area (Å²) in [7, 11) is -8.03. The number of thiazole rings is 1. The number of rotatable bonds is 9. The first-order valence-corrected chi connectivity index (χ1v) is 18.5. The van der Waals surface area contributed by atoms with Crippen LogP contribution in [0.25, 0.3) is 0 Å². The highest BCUT2D eigenvalue weighted by Gasteiger charge is 2.40. The van der Waals surface area contributed by atoms with Gasteiger partial charge in [-0.2, -0.15) is 0 Å². The number of ether oxygens (including phenoxy) is 1. The number of sulfonamides is 1. The number of amidine groups is 1. The Hall–Kier alpha value is -3.51. The van der Waals surface area contributed by atoms with Gasteiger partial charge in [0.25, 0.3) is 15.9 Å². The molecule has 2 aromatic carbocycles. The Labute approximate surface area is 271 Å². The standard InChI is InChI=1S/C28H27BrFN5O7S3/c1-2-42-28(37)23-21(32-25(27-31-10-12-43-27)33-24(23)19-9-8-17(30)14-20(19)29)15-35-11-13-44(38,39)16-22(35)26(36)34-45(40,41)18-6-4-3-5-7-18/h3-10,12,14,22,24H,2,11,13,15-16H2,1H3,(H,32,33)(H,34,36)/t22-,24-/m0/s1. The number of aromatic nitrogens is 1. The second-order valence-corrected chi connectivity index (χ2v) is 15.7. The number of benzene rings is 2. The first-order chi connectivity index (χ1) is 21.4. The summed E-state index contributed by atoms with van der Waals surface area (Å²) < 4.78 is 73.1. The molecule has 238 valence electrons. The molecular weight excluding hydrogens is 713 g/mol. The van der Waals surface area contributed by atoms with E-state index in [9.17, 15) is 30.8 Å². The Morgan fingerprint density at radius 2 is 1.98 bits per heavy atom. The summed E-state index contributed by atoms with van der Waals surface area (Å²) in [6, 6.07) is 8.73. The Bertz CT molecular complexity index is 1890. The van der Waals surface area contributed by atoms with E-state index in [1.807, 2.05) is 4.72 Å². The van der Waals surface area contributed by atoms with E-state index in [4.69, 9.17) is 9.73 Å². The number of halogens is 2. The summed E-state index contributed by atoms with van der Waals surface area (Å²) in [5.41, 5.74) is 0.726. The van der Waals surface area contributed by atoms with Gasteiger partial charge >= 0.3 is 5.97 Å². The van der Waals surface area contributed by atoms with Gasteiger partial charge in [0.15, 0.2) is 20.7 Å². The largest absolute Gasteiger partial charge is 0.463 e. The lowest BCUT2D eigenvalue weighted by Gasteiger charge is -2.36. The van der Waals surface area contributed by atoms with Crippen LogP contribution in [-0.4, -0.2) is 81.7 Å². The number of sulfone groups is 1. The van der Waals surface area contributed by atoms with Crippen molar-refractivity contribution in [3.63, 3.8) is 0 Å². The molecule has 0 saturated carbocycles. The van der Waals surface area contributed by atoms with Crippen molar-refractivity contribution >= 4 is 64.8 Å². The highest BCUT2D eigenvalue weighted by Crippen LogP contribution is 2.37. The zero-order chi connectivity index (χ0) is 32.4. The second kappa shape index (κ2) is 13.5. The summed E-state index contributed by atoms with van der Waals surface area (Å²) >= 11 is 4.64. The van der Waals surface area contributed by atoms with E-state index in [-0.39, 0.29) is 47.5 Å². The van der Waals surface area contributed by atoms with Crippen molar-refractivity contribution in [3.8, 4) is 0 Å². The quantitative estimate of drug-likeness (QED) is 0.312. The monoisotopic (exact) mass is 739 g/mol. The zero-order valence-corrected chi connectivity index (χ0v) is 27.7. The summed E-state index contributed by atoms with van der Waals surface area (Å²) in [5, 5.41) is 5.33. The normalized spacial score (nSPS) is 20.2. The average molecular weight is 741 g/mol. The fourth-order valence-electron chi connectivity index (χ4n) is 4.90. The minimum atomic E-state index is -4.31. The van der Waals surface area contributed by atoms with Gasteiger partial charge in [-0.15, -0.1) is 11.3 Å². The number of aliphatic imine (C=N–C) groups is 1. The van der Waals surface area contributed by atoms with Gasteiger partial charge in [-0.1, -0.05) is 40.2 Å². The lowest BCUT2D eigenvalue weighted by molar-refractivity contribution is -0.139. The predicted molar refractivity (Wildman–Crippen MR) is 168 cm³/mol. The van der Waals surface area contributed by atoms with E-state index >= 15 is 0 Å². The van der Waals surface area contributed by atoms with Crippen molar-refractivity contribution in [1.29, 1.82) is 0 Å². The SMILES string of the molecule is CCOC(=O)C1=C(CN2CCS(=O)(=O)C[C@H]2C(=O)NS(=O)(=O)c2ccccc2)NC(c2nccs2)=N[C@H]1c1ccc(F)cc1Br. The molecule has 3 heterocycles. The molecule has 5 rings (SSSR count). The van der Waals surface area contributed by atoms with Crippen LogP contribution in [0.3, 0.4) is 0 Å². The fraction of sp³-hybridized carbons (Fsp3) is 0.286. The van der Waals surface area contributed by atoms with E-state index in [1.165, 1.54) is 58.7 Å². The van der Waals surface area contributed by atoms with Gasteiger partial charge in [0.2, 0.25) is 0 Å². The van der Waals surface area contributed by atoms with E-state index in [2.05, 4.69) is 26.2 Å². The highest BCUT2D eigenvalue weighted by atomic mass is 79.9. The molecule has 17 heteroatoms. The van der Waals surface area contributed by atoms with Crippen LogP contribution < -0.4 is 10.0 Å². The molecule has 2 aliphatic rings. The molecule has 2 atom stereocenters. The summed E-state index contributed by atoms with van der Waals surface area (Å²) in [4.78, 5) is 37.3. The van der Waals surface area contributed by atoms with Gasteiger partial charge in [-0.25, -0.2) is 35.7 Å². The van der Waals surface area contributed by atoms with Crippen LogP contribution in [0.2, 0.25) is 0 Å². The molecule has 1 saturated heterocycles. The summed E-state index contributed by atoms with van der Waals surface area (Å²) in [6.45, 7) is 1.33. The highest BCUT2D eigenvalue weighted by molar-refractivity contribution is 9.10. The van der Waals surface area contributed by atoms with E-state index in [1.54, 1.807) is 24.6 Å². The first kappa shape index (κ1) is 32.9. The third-order valence-corrected chi connectivity index (χ3v) is 11.5. The van der Waals surface area contributed by atoms with Crippen LogP contribution in [0, 0.1) is 5.82 Å². The van der Waals surface area contributed by atoms with Crippen LogP contribution in [0.15, 0.2) is 85.7 Å². The summed E-state index contributed by atoms with van der Waals surface area (Å²) in [6.07, 6.45) is 1.57. The van der Waals surface area contributed by atoms with Crippen molar-refractivity contribution in [2.75, 3.05) is 31.2 Å². The van der Waals surface area contributed by atoms with Gasteiger partial charge in [0.1, 0.15) is 17.9 Å². The molecule has 2 N–H and O–H groups in total. The van der Waals surface area contributed by atoms with Crippen LogP contribution in [0.4, 0.5) is 4.39 Å². The molecule has 0 aliphatic carbocycles. The molecular formula is C28H27BrFN5O7S3. The maximum absolute atomic E-state index is 14.1. The number of carbonyl (C=O) groups is 2. The number of nitrogens with one attached hydrogen (secondary N) is 2. The van der Waals surface area contributed by atoms with Crippen molar-refractivity contribution < 1.29 is 35.6 Å². The first-order valence-electron chi connectivity index (χ1n) is 13.5. The molecule has 0 spiro atoms. The van der Waals surface area contributed by atoms with Crippen LogP contribution in [-0.2, 0) is 34.2 Å². The molecule has 2 aliphatic heterocycles. The van der Waals surface area contributed by atoms with Crippen molar-refractivity contribution in [2.45, 2.75) is 23.9 Å². The number of hydrogen-bond donors (Lipinski definition) is 2. The third kappa shape index (κ3) is 7.49. The van der Waals surface area contributed by atoms with Gasteiger partial charge in [0, 0.05) is 34.8 Å². The molecule has 1 fully saturated rings. The molecule has 0 unspecified atom stereocenters. The smallest absolute Gasteiger partial charge is 0.338 e. The maximum atomic E-state index is 14.1. The third-order valence-electron chi connectivity index (χ3n) is 7.01. The fourth-order valence-corrected chi connectivity index (χ4v) is 8.61. The average Bonchev–Trinajstić information content (AvgIpc) is 3.53. The maximum Gasteiger partial charge on any atom is 0.338 e. The van der Waals surface area contributed by atoms with Crippen LogP contribution in [0.1, 0.15) is 23.5 Å². The summed E-state index contributed by atoms with van der Waals surface area (Å²) in [5.74, 6) is -2.95. The molecule has 1 amide bonds. The number of amides is 1. The number of esters is 1. The van der Waals surface area contributed by atoms with E-state index < -0.39 is 55.4 Å². The zero-order valence-electron chi connectivity index (χ0n) is 23.6. The van der Waals surface area contributed by atoms with Gasteiger partial charge in [-0.05, 0) is 36.8 Å². The molecule has 0 radical (unpaired) electrons. The Morgan fingerprint density at radius 1 is 1.22 bits per heavy atom. The lowest BCUT2D eigenvalue weighted by Crippen LogP contribution is -2.57. The van der Waals surface area contributed by atoms with Crippen molar-refractivity contribution in [2.24, 2.45) is 4.99 Å². The Balaban J connectivity index is 1.57. The van der Waals surface area contributed by atoms with Gasteiger partial charge in [-0.3, -0.25) is 14.7 Å².